The molecule has 0 radical (unpaired) electrons. The number of nitrogens with one attached hydrogen (secondary N) is 1. The van der Waals surface area contributed by atoms with E-state index in [9.17, 15) is 5.11 Å². The lowest BCUT2D eigenvalue weighted by Gasteiger charge is -2.25. The molecular weight excluding hydrogens is 214 g/mol. The molecule has 5 heteroatoms. The first-order valence-corrected chi connectivity index (χ1v) is 5.42. The van der Waals surface area contributed by atoms with Crippen LogP contribution in [-0.2, 0) is 0 Å². The van der Waals surface area contributed by atoms with Crippen molar-refractivity contribution in [3.63, 3.8) is 0 Å². The minimum Gasteiger partial charge on any atom is -0.388 e. The van der Waals surface area contributed by atoms with E-state index < -0.39 is 5.60 Å². The Morgan fingerprint density at radius 1 is 1.47 bits per heavy atom. The molecule has 0 fully saturated rings. The third-order valence-electron chi connectivity index (χ3n) is 2.54. The number of aromatic nitrogens is 2. The molecule has 0 unspecified atom stereocenters. The van der Waals surface area contributed by atoms with E-state index in [1.165, 1.54) is 0 Å². The van der Waals surface area contributed by atoms with Crippen LogP contribution in [0.15, 0.2) is 12.3 Å². The normalized spacial score (nSPS) is 11.5. The molecular formula is C10H16ClN3O. The number of hydrogen-bond acceptors (Lipinski definition) is 4. The monoisotopic (exact) mass is 229 g/mol. The Morgan fingerprint density at radius 3 is 2.67 bits per heavy atom. The zero-order valence-corrected chi connectivity index (χ0v) is 9.75. The van der Waals surface area contributed by atoms with Crippen molar-refractivity contribution in [1.82, 2.24) is 9.97 Å². The molecule has 4 nitrogen and oxygen atoms in total. The molecule has 0 aromatic carbocycles. The van der Waals surface area contributed by atoms with Crippen LogP contribution in [0, 0.1) is 0 Å². The molecule has 0 spiro atoms. The van der Waals surface area contributed by atoms with Crippen molar-refractivity contribution in [2.45, 2.75) is 32.3 Å². The number of hydrogen-bond donors (Lipinski definition) is 2. The van der Waals surface area contributed by atoms with Crippen LogP contribution in [0.25, 0.3) is 0 Å². The predicted octanol–water partition coefficient (Wildman–Crippen LogP) is 2.09. The third kappa shape index (κ3) is 3.64. The number of halogens is 1. The van der Waals surface area contributed by atoms with Crippen molar-refractivity contribution in [3.05, 3.63) is 17.5 Å². The van der Waals surface area contributed by atoms with Crippen molar-refractivity contribution >= 4 is 17.4 Å². The molecule has 0 atom stereocenters. The first kappa shape index (κ1) is 12.2. The van der Waals surface area contributed by atoms with Crippen LogP contribution in [0.1, 0.15) is 26.7 Å². The zero-order chi connectivity index (χ0) is 11.3. The second-order valence-corrected chi connectivity index (χ2v) is 3.83. The standard InChI is InChI=1S/C10H16ClN3O/c1-3-10(15,4-2)7-13-8-5-6-12-9(11)14-8/h5-6,15H,3-4,7H2,1-2H3,(H,12,13,14). The van der Waals surface area contributed by atoms with Gasteiger partial charge in [-0.25, -0.2) is 9.97 Å². The highest BCUT2D eigenvalue weighted by atomic mass is 35.5. The lowest BCUT2D eigenvalue weighted by Crippen LogP contribution is -2.35. The third-order valence-corrected chi connectivity index (χ3v) is 2.72. The van der Waals surface area contributed by atoms with Crippen LogP contribution < -0.4 is 5.32 Å². The highest BCUT2D eigenvalue weighted by Crippen LogP contribution is 2.15. The van der Waals surface area contributed by atoms with Gasteiger partial charge < -0.3 is 10.4 Å². The molecule has 0 bridgehead atoms. The maximum Gasteiger partial charge on any atom is 0.224 e. The van der Waals surface area contributed by atoms with Gasteiger partial charge in [0.2, 0.25) is 5.28 Å². The molecule has 15 heavy (non-hydrogen) atoms. The van der Waals surface area contributed by atoms with Crippen molar-refractivity contribution in [2.24, 2.45) is 0 Å². The number of anilines is 1. The largest absolute Gasteiger partial charge is 0.388 e. The first-order valence-electron chi connectivity index (χ1n) is 5.04. The van der Waals surface area contributed by atoms with Gasteiger partial charge in [0, 0.05) is 12.7 Å². The van der Waals surface area contributed by atoms with E-state index >= 15 is 0 Å². The average Bonchev–Trinajstić information content (AvgIpc) is 2.26. The summed E-state index contributed by atoms with van der Waals surface area (Å²) in [4.78, 5) is 7.75. The van der Waals surface area contributed by atoms with Gasteiger partial charge in [-0.1, -0.05) is 13.8 Å². The Labute approximate surface area is 94.7 Å². The maximum atomic E-state index is 10.0. The van der Waals surface area contributed by atoms with Gasteiger partial charge in [0.25, 0.3) is 0 Å². The highest BCUT2D eigenvalue weighted by Gasteiger charge is 2.21. The molecule has 0 aliphatic heterocycles. The Hall–Kier alpha value is -0.870. The summed E-state index contributed by atoms with van der Waals surface area (Å²) in [5, 5.41) is 13.3. The molecule has 0 saturated carbocycles. The summed E-state index contributed by atoms with van der Waals surface area (Å²) in [6.07, 6.45) is 2.99. The summed E-state index contributed by atoms with van der Waals surface area (Å²) in [6, 6.07) is 1.72. The second-order valence-electron chi connectivity index (χ2n) is 3.50. The summed E-state index contributed by atoms with van der Waals surface area (Å²) >= 11 is 5.64. The van der Waals surface area contributed by atoms with Crippen molar-refractivity contribution in [2.75, 3.05) is 11.9 Å². The van der Waals surface area contributed by atoms with E-state index in [0.29, 0.717) is 25.2 Å². The molecule has 0 aliphatic rings. The van der Waals surface area contributed by atoms with E-state index in [0.717, 1.165) is 0 Å². The van der Waals surface area contributed by atoms with E-state index in [1.54, 1.807) is 12.3 Å². The van der Waals surface area contributed by atoms with Crippen LogP contribution in [0.4, 0.5) is 5.82 Å². The summed E-state index contributed by atoms with van der Waals surface area (Å²) in [5.41, 5.74) is -0.683. The quantitative estimate of drug-likeness (QED) is 0.760. The summed E-state index contributed by atoms with van der Waals surface area (Å²) in [6.45, 7) is 4.38. The van der Waals surface area contributed by atoms with Crippen molar-refractivity contribution in [3.8, 4) is 0 Å². The fourth-order valence-electron chi connectivity index (χ4n) is 1.19. The van der Waals surface area contributed by atoms with Crippen LogP contribution in [0.2, 0.25) is 5.28 Å². The van der Waals surface area contributed by atoms with Crippen LogP contribution >= 0.6 is 11.6 Å². The van der Waals surface area contributed by atoms with E-state index in [2.05, 4.69) is 15.3 Å². The number of aliphatic hydroxyl groups is 1. The molecule has 0 amide bonds. The highest BCUT2D eigenvalue weighted by molar-refractivity contribution is 6.28. The molecule has 1 rings (SSSR count). The van der Waals surface area contributed by atoms with Gasteiger partial charge in [-0.2, -0.15) is 0 Å². The Morgan fingerprint density at radius 2 is 2.13 bits per heavy atom. The summed E-state index contributed by atoms with van der Waals surface area (Å²) in [7, 11) is 0. The van der Waals surface area contributed by atoms with Gasteiger partial charge >= 0.3 is 0 Å². The van der Waals surface area contributed by atoms with Crippen LogP contribution in [-0.4, -0.2) is 27.2 Å². The van der Waals surface area contributed by atoms with Crippen molar-refractivity contribution < 1.29 is 5.11 Å². The Balaban J connectivity index is 2.56. The van der Waals surface area contributed by atoms with Gasteiger partial charge in [0.05, 0.1) is 5.60 Å². The van der Waals surface area contributed by atoms with E-state index in [1.807, 2.05) is 13.8 Å². The fraction of sp³-hybridized carbons (Fsp3) is 0.600. The minimum absolute atomic E-state index is 0.205. The molecule has 84 valence electrons. The lowest BCUT2D eigenvalue weighted by atomic mass is 9.98. The second kappa shape index (κ2) is 5.28. The predicted molar refractivity (Wildman–Crippen MR) is 61.1 cm³/mol. The fourth-order valence-corrected chi connectivity index (χ4v) is 1.34. The lowest BCUT2D eigenvalue weighted by molar-refractivity contribution is 0.0456. The maximum absolute atomic E-state index is 10.0. The molecule has 1 heterocycles. The molecule has 0 saturated heterocycles. The topological polar surface area (TPSA) is 58.0 Å². The van der Waals surface area contributed by atoms with Gasteiger partial charge in [-0.05, 0) is 30.5 Å². The minimum atomic E-state index is -0.683. The summed E-state index contributed by atoms with van der Waals surface area (Å²) < 4.78 is 0. The number of rotatable bonds is 5. The van der Waals surface area contributed by atoms with E-state index in [-0.39, 0.29) is 5.28 Å². The molecule has 2 N–H and O–H groups in total. The SMILES string of the molecule is CCC(O)(CC)CNc1ccnc(Cl)n1. The Kier molecular flexibility index (Phi) is 4.29. The van der Waals surface area contributed by atoms with Crippen molar-refractivity contribution in [1.29, 1.82) is 0 Å². The molecule has 1 aromatic heterocycles. The number of nitrogens with zero attached hydrogens (tertiary/aromatic N) is 2. The zero-order valence-electron chi connectivity index (χ0n) is 9.00. The first-order chi connectivity index (χ1) is 7.09. The van der Waals surface area contributed by atoms with Gasteiger partial charge in [0.15, 0.2) is 0 Å². The smallest absolute Gasteiger partial charge is 0.224 e. The molecule has 1 aromatic rings. The summed E-state index contributed by atoms with van der Waals surface area (Å²) in [5.74, 6) is 0.635. The van der Waals surface area contributed by atoms with Gasteiger partial charge in [0.1, 0.15) is 5.82 Å². The van der Waals surface area contributed by atoms with Gasteiger partial charge in [-0.15, -0.1) is 0 Å². The van der Waals surface area contributed by atoms with Crippen LogP contribution in [0.5, 0.6) is 0 Å². The van der Waals surface area contributed by atoms with Crippen LogP contribution in [0.3, 0.4) is 0 Å². The Bertz CT molecular complexity index is 315. The molecule has 0 aliphatic carbocycles. The van der Waals surface area contributed by atoms with Gasteiger partial charge in [-0.3, -0.25) is 0 Å². The average molecular weight is 230 g/mol. The van der Waals surface area contributed by atoms with E-state index in [4.69, 9.17) is 11.6 Å².